The predicted octanol–water partition coefficient (Wildman–Crippen LogP) is 4.30. The van der Waals surface area contributed by atoms with Crippen LogP contribution in [0.25, 0.3) is 11.1 Å². The molecule has 7 nitrogen and oxygen atoms in total. The summed E-state index contributed by atoms with van der Waals surface area (Å²) in [6.07, 6.45) is -0.523. The lowest BCUT2D eigenvalue weighted by Gasteiger charge is -2.21. The summed E-state index contributed by atoms with van der Waals surface area (Å²) in [5, 5.41) is 3.62. The van der Waals surface area contributed by atoms with Crippen molar-refractivity contribution < 1.29 is 14.3 Å². The van der Waals surface area contributed by atoms with Crippen LogP contribution in [0.4, 0.5) is 4.79 Å². The number of amides is 2. The van der Waals surface area contributed by atoms with Crippen LogP contribution in [-0.4, -0.2) is 40.6 Å². The lowest BCUT2D eigenvalue weighted by atomic mass is 9.93. The molecule has 31 heavy (non-hydrogen) atoms. The predicted molar refractivity (Wildman–Crippen MR) is 121 cm³/mol. The molecule has 0 unspecified atom stereocenters. The van der Waals surface area contributed by atoms with Gasteiger partial charge in [0.1, 0.15) is 5.60 Å². The van der Waals surface area contributed by atoms with Crippen molar-refractivity contribution in [3.8, 4) is 11.1 Å². The third-order valence-corrected chi connectivity index (χ3v) is 5.42. The number of carbonyl (C=O) groups excluding carboxylic acids is 2. The number of hydrogen-bond acceptors (Lipinski definition) is 5. The van der Waals surface area contributed by atoms with Crippen LogP contribution in [0.2, 0.25) is 10.0 Å². The topological polar surface area (TPSA) is 97.5 Å². The summed E-state index contributed by atoms with van der Waals surface area (Å²) in [4.78, 5) is 31.4. The van der Waals surface area contributed by atoms with Gasteiger partial charge >= 0.3 is 6.09 Å². The van der Waals surface area contributed by atoms with E-state index in [9.17, 15) is 9.59 Å². The monoisotopic (exact) mass is 464 g/mol. The van der Waals surface area contributed by atoms with Crippen molar-refractivity contribution in [3.63, 3.8) is 0 Å². The van der Waals surface area contributed by atoms with E-state index in [-0.39, 0.29) is 19.0 Å². The Kier molecular flexibility index (Phi) is 6.79. The summed E-state index contributed by atoms with van der Waals surface area (Å²) >= 11 is 12.5. The number of carbonyl (C=O) groups is 2. The van der Waals surface area contributed by atoms with Gasteiger partial charge in [-0.1, -0.05) is 29.3 Å². The Morgan fingerprint density at radius 2 is 2.00 bits per heavy atom. The van der Waals surface area contributed by atoms with E-state index in [0.29, 0.717) is 45.5 Å². The Morgan fingerprint density at radius 3 is 2.61 bits per heavy atom. The summed E-state index contributed by atoms with van der Waals surface area (Å²) in [6.45, 7) is 8.38. The summed E-state index contributed by atoms with van der Waals surface area (Å²) < 4.78 is 5.23. The second kappa shape index (κ2) is 9.02. The van der Waals surface area contributed by atoms with Gasteiger partial charge in [-0.2, -0.15) is 0 Å². The molecule has 0 bridgehead atoms. The highest BCUT2D eigenvalue weighted by Crippen LogP contribution is 2.39. The van der Waals surface area contributed by atoms with E-state index in [1.807, 2.05) is 6.92 Å². The minimum atomic E-state index is -0.587. The standard InChI is InChI=1S/C22H26Cl2N4O3/c1-12-15(10-25)18(14-6-5-13(23)9-16(14)24)19-17(27-12)11-28(20(19)29)8-7-26-21(30)31-22(2,3)4/h5-6,9H,7-8,10-11,25H2,1-4H3,(H,26,30). The number of fused-ring (bicyclic) bond motifs is 1. The number of rotatable bonds is 5. The molecule has 0 aliphatic carbocycles. The van der Waals surface area contributed by atoms with E-state index < -0.39 is 11.7 Å². The third-order valence-electron chi connectivity index (χ3n) is 4.88. The number of aromatic nitrogens is 1. The number of nitrogens with two attached hydrogens (primary N) is 1. The van der Waals surface area contributed by atoms with Crippen molar-refractivity contribution in [2.75, 3.05) is 13.1 Å². The van der Waals surface area contributed by atoms with Gasteiger partial charge in [0.25, 0.3) is 5.91 Å². The molecule has 1 aromatic heterocycles. The largest absolute Gasteiger partial charge is 0.444 e. The van der Waals surface area contributed by atoms with Crippen molar-refractivity contribution in [1.82, 2.24) is 15.2 Å². The van der Waals surface area contributed by atoms with Crippen LogP contribution in [0.3, 0.4) is 0 Å². The van der Waals surface area contributed by atoms with E-state index in [1.54, 1.807) is 43.9 Å². The molecule has 0 saturated carbocycles. The second-order valence-electron chi connectivity index (χ2n) is 8.36. The molecule has 3 N–H and O–H groups in total. The van der Waals surface area contributed by atoms with Crippen molar-refractivity contribution in [2.45, 2.75) is 46.4 Å². The van der Waals surface area contributed by atoms with Crippen molar-refractivity contribution in [1.29, 1.82) is 0 Å². The van der Waals surface area contributed by atoms with E-state index >= 15 is 0 Å². The number of alkyl carbamates (subject to hydrolysis) is 1. The lowest BCUT2D eigenvalue weighted by Crippen LogP contribution is -2.38. The minimum absolute atomic E-state index is 0.177. The third kappa shape index (κ3) is 5.11. The summed E-state index contributed by atoms with van der Waals surface area (Å²) in [7, 11) is 0. The number of hydrogen-bond donors (Lipinski definition) is 2. The number of ether oxygens (including phenoxy) is 1. The molecule has 0 atom stereocenters. The molecule has 9 heteroatoms. The zero-order chi connectivity index (χ0) is 22.9. The molecule has 0 spiro atoms. The minimum Gasteiger partial charge on any atom is -0.444 e. The van der Waals surface area contributed by atoms with Gasteiger partial charge in [0.2, 0.25) is 0 Å². The number of benzene rings is 1. The summed E-state index contributed by atoms with van der Waals surface area (Å²) in [6, 6.07) is 5.16. The van der Waals surface area contributed by atoms with Gasteiger partial charge < -0.3 is 20.7 Å². The molecule has 166 valence electrons. The number of aryl methyl sites for hydroxylation is 1. The SMILES string of the molecule is Cc1nc2c(c(-c3ccc(Cl)cc3Cl)c1CN)C(=O)N(CCNC(=O)OC(C)(C)C)C2. The lowest BCUT2D eigenvalue weighted by molar-refractivity contribution is 0.0515. The van der Waals surface area contributed by atoms with E-state index in [4.69, 9.17) is 33.7 Å². The fourth-order valence-corrected chi connectivity index (χ4v) is 4.09. The van der Waals surface area contributed by atoms with Crippen LogP contribution >= 0.6 is 23.2 Å². The Morgan fingerprint density at radius 1 is 1.29 bits per heavy atom. The first-order valence-electron chi connectivity index (χ1n) is 9.95. The first-order chi connectivity index (χ1) is 14.5. The van der Waals surface area contributed by atoms with Gasteiger partial charge in [-0.15, -0.1) is 0 Å². The van der Waals surface area contributed by atoms with Crippen LogP contribution in [0.1, 0.15) is 48.1 Å². The van der Waals surface area contributed by atoms with Gasteiger partial charge in [-0.3, -0.25) is 9.78 Å². The maximum Gasteiger partial charge on any atom is 0.407 e. The van der Waals surface area contributed by atoms with Crippen LogP contribution in [0, 0.1) is 6.92 Å². The van der Waals surface area contributed by atoms with Crippen molar-refractivity contribution in [3.05, 3.63) is 50.8 Å². The molecular weight excluding hydrogens is 439 g/mol. The molecule has 2 aromatic rings. The highest BCUT2D eigenvalue weighted by Gasteiger charge is 2.34. The number of pyridine rings is 1. The Bertz CT molecular complexity index is 1030. The van der Waals surface area contributed by atoms with Crippen LogP contribution in [0.5, 0.6) is 0 Å². The quantitative estimate of drug-likeness (QED) is 0.686. The molecular formula is C22H26Cl2N4O3. The second-order valence-corrected chi connectivity index (χ2v) is 9.20. The van der Waals surface area contributed by atoms with Gasteiger partial charge in [-0.25, -0.2) is 4.79 Å². The fourth-order valence-electron chi connectivity index (χ4n) is 3.58. The number of halogens is 2. The average Bonchev–Trinajstić information content (AvgIpc) is 2.95. The average molecular weight is 465 g/mol. The van der Waals surface area contributed by atoms with Crippen molar-refractivity contribution in [2.24, 2.45) is 5.73 Å². The molecule has 0 fully saturated rings. The Balaban J connectivity index is 1.88. The van der Waals surface area contributed by atoms with Crippen LogP contribution < -0.4 is 11.1 Å². The van der Waals surface area contributed by atoms with Gasteiger partial charge in [-0.05, 0) is 45.4 Å². The number of nitrogens with zero attached hydrogens (tertiary/aromatic N) is 2. The Hall–Kier alpha value is -2.35. The highest BCUT2D eigenvalue weighted by molar-refractivity contribution is 6.36. The van der Waals surface area contributed by atoms with Gasteiger partial charge in [0.15, 0.2) is 0 Å². The maximum atomic E-state index is 13.3. The van der Waals surface area contributed by atoms with E-state index in [1.165, 1.54) is 0 Å². The molecule has 3 rings (SSSR count). The smallest absolute Gasteiger partial charge is 0.407 e. The van der Waals surface area contributed by atoms with Crippen LogP contribution in [-0.2, 0) is 17.8 Å². The molecule has 0 radical (unpaired) electrons. The summed E-state index contributed by atoms with van der Waals surface area (Å²) in [5.74, 6) is -0.177. The first kappa shape index (κ1) is 23.3. The van der Waals surface area contributed by atoms with Crippen LogP contribution in [0.15, 0.2) is 18.2 Å². The zero-order valence-electron chi connectivity index (χ0n) is 18.0. The maximum absolute atomic E-state index is 13.3. The molecule has 1 aliphatic heterocycles. The van der Waals surface area contributed by atoms with Crippen molar-refractivity contribution >= 4 is 35.2 Å². The van der Waals surface area contributed by atoms with E-state index in [2.05, 4.69) is 10.3 Å². The summed E-state index contributed by atoms with van der Waals surface area (Å²) in [5.41, 5.74) is 9.49. The molecule has 1 aromatic carbocycles. The van der Waals surface area contributed by atoms with Gasteiger partial charge in [0.05, 0.1) is 17.8 Å². The normalized spacial score (nSPS) is 13.4. The number of nitrogens with one attached hydrogen (secondary N) is 1. The Labute approximate surface area is 191 Å². The molecule has 2 heterocycles. The first-order valence-corrected chi connectivity index (χ1v) is 10.7. The van der Waals surface area contributed by atoms with E-state index in [0.717, 1.165) is 11.3 Å². The van der Waals surface area contributed by atoms with Gasteiger partial charge in [0, 0.05) is 46.5 Å². The molecule has 1 aliphatic rings. The molecule has 0 saturated heterocycles. The highest BCUT2D eigenvalue weighted by atomic mass is 35.5. The fraction of sp³-hybridized carbons (Fsp3) is 0.409. The molecule has 2 amide bonds. The zero-order valence-corrected chi connectivity index (χ0v) is 19.5.